The van der Waals surface area contributed by atoms with Crippen molar-refractivity contribution in [3.05, 3.63) is 80.6 Å². The molecule has 0 aliphatic carbocycles. The number of ether oxygens (including phenoxy) is 1. The van der Waals surface area contributed by atoms with E-state index in [-0.39, 0.29) is 12.5 Å². The van der Waals surface area contributed by atoms with Crippen LogP contribution in [0.3, 0.4) is 0 Å². The Bertz CT molecular complexity index is 1080. The molecule has 29 heavy (non-hydrogen) atoms. The third-order valence-corrected chi connectivity index (χ3v) is 5.27. The maximum absolute atomic E-state index is 11.9. The summed E-state index contributed by atoms with van der Waals surface area (Å²) in [5.74, 6) is 0.0536. The SMILES string of the molecule is Cc1cc(/C=N/NC(=O)COc2ccccc2Cl)c(C)n1-c1ccc(Cl)c(Cl)c1. The fraction of sp³-hybridized carbons (Fsp3) is 0.143. The van der Waals surface area contributed by atoms with E-state index in [1.54, 1.807) is 42.6 Å². The number of aromatic nitrogens is 1. The van der Waals surface area contributed by atoms with Gasteiger partial charge in [-0.2, -0.15) is 5.10 Å². The molecule has 3 aromatic rings. The molecule has 1 N–H and O–H groups in total. The summed E-state index contributed by atoms with van der Waals surface area (Å²) in [6.07, 6.45) is 1.59. The van der Waals surface area contributed by atoms with Crippen LogP contribution in [0.15, 0.2) is 53.6 Å². The lowest BCUT2D eigenvalue weighted by atomic mass is 10.2. The number of amides is 1. The number of hydrogen-bond acceptors (Lipinski definition) is 3. The predicted molar refractivity (Wildman–Crippen MR) is 118 cm³/mol. The third-order valence-electron chi connectivity index (χ3n) is 4.22. The van der Waals surface area contributed by atoms with Gasteiger partial charge in [-0.25, -0.2) is 5.43 Å². The highest BCUT2D eigenvalue weighted by molar-refractivity contribution is 6.42. The van der Waals surface area contributed by atoms with Gasteiger partial charge in [0.15, 0.2) is 6.61 Å². The van der Waals surface area contributed by atoms with Gasteiger partial charge < -0.3 is 9.30 Å². The molecule has 0 fully saturated rings. The first-order valence-electron chi connectivity index (χ1n) is 8.70. The van der Waals surface area contributed by atoms with Gasteiger partial charge in [0.25, 0.3) is 5.91 Å². The fourth-order valence-corrected chi connectivity index (χ4v) is 3.33. The van der Waals surface area contributed by atoms with Crippen molar-refractivity contribution in [1.29, 1.82) is 0 Å². The van der Waals surface area contributed by atoms with Gasteiger partial charge in [-0.3, -0.25) is 4.79 Å². The van der Waals surface area contributed by atoms with Crippen molar-refractivity contribution in [2.24, 2.45) is 5.10 Å². The summed E-state index contributed by atoms with van der Waals surface area (Å²) < 4.78 is 7.42. The molecular weight excluding hydrogens is 433 g/mol. The third kappa shape index (κ3) is 5.12. The number of hydrogen-bond donors (Lipinski definition) is 1. The van der Waals surface area contributed by atoms with Crippen molar-refractivity contribution in [2.75, 3.05) is 6.61 Å². The lowest BCUT2D eigenvalue weighted by Crippen LogP contribution is -2.24. The molecule has 0 unspecified atom stereocenters. The van der Waals surface area contributed by atoms with Crippen molar-refractivity contribution < 1.29 is 9.53 Å². The summed E-state index contributed by atoms with van der Waals surface area (Å²) in [4.78, 5) is 11.9. The summed E-state index contributed by atoms with van der Waals surface area (Å²) >= 11 is 18.1. The lowest BCUT2D eigenvalue weighted by Gasteiger charge is -2.10. The van der Waals surface area contributed by atoms with Crippen molar-refractivity contribution >= 4 is 46.9 Å². The van der Waals surface area contributed by atoms with Gasteiger partial charge in [0.1, 0.15) is 5.75 Å². The maximum Gasteiger partial charge on any atom is 0.277 e. The number of nitrogens with one attached hydrogen (secondary N) is 1. The van der Waals surface area contributed by atoms with E-state index in [1.807, 2.05) is 30.5 Å². The predicted octanol–water partition coefficient (Wildman–Crippen LogP) is 5.58. The first-order chi connectivity index (χ1) is 13.9. The van der Waals surface area contributed by atoms with E-state index in [2.05, 4.69) is 10.5 Å². The van der Waals surface area contributed by atoms with Gasteiger partial charge >= 0.3 is 0 Å². The van der Waals surface area contributed by atoms with E-state index in [0.29, 0.717) is 20.8 Å². The molecule has 0 saturated heterocycles. The molecule has 0 saturated carbocycles. The Balaban J connectivity index is 1.66. The number of halogens is 3. The summed E-state index contributed by atoms with van der Waals surface area (Å²) in [5.41, 5.74) is 6.15. The highest BCUT2D eigenvalue weighted by Gasteiger charge is 2.11. The molecule has 2 aromatic carbocycles. The van der Waals surface area contributed by atoms with E-state index < -0.39 is 0 Å². The normalized spacial score (nSPS) is 11.1. The topological polar surface area (TPSA) is 55.6 Å². The molecule has 0 bridgehead atoms. The minimum absolute atomic E-state index is 0.191. The number of hydrazone groups is 1. The van der Waals surface area contributed by atoms with Crippen LogP contribution in [0, 0.1) is 13.8 Å². The average Bonchev–Trinajstić information content (AvgIpc) is 2.97. The van der Waals surface area contributed by atoms with Crippen LogP contribution < -0.4 is 10.2 Å². The second kappa shape index (κ2) is 9.35. The van der Waals surface area contributed by atoms with Crippen LogP contribution in [0.5, 0.6) is 5.75 Å². The minimum atomic E-state index is -0.389. The monoisotopic (exact) mass is 449 g/mol. The molecule has 0 spiro atoms. The smallest absolute Gasteiger partial charge is 0.277 e. The largest absolute Gasteiger partial charge is 0.482 e. The second-order valence-electron chi connectivity index (χ2n) is 6.27. The highest BCUT2D eigenvalue weighted by atomic mass is 35.5. The van der Waals surface area contributed by atoms with Crippen molar-refractivity contribution in [3.8, 4) is 11.4 Å². The molecule has 0 aliphatic heterocycles. The molecule has 1 aromatic heterocycles. The number of benzene rings is 2. The van der Waals surface area contributed by atoms with E-state index in [4.69, 9.17) is 39.5 Å². The van der Waals surface area contributed by atoms with E-state index in [9.17, 15) is 4.79 Å². The van der Waals surface area contributed by atoms with Crippen LogP contribution in [0.1, 0.15) is 17.0 Å². The van der Waals surface area contributed by atoms with Gasteiger partial charge in [0.05, 0.1) is 21.3 Å². The number of aryl methyl sites for hydroxylation is 1. The molecule has 1 amide bonds. The van der Waals surface area contributed by atoms with Crippen LogP contribution in [0.25, 0.3) is 5.69 Å². The highest BCUT2D eigenvalue weighted by Crippen LogP contribution is 2.27. The van der Waals surface area contributed by atoms with Crippen molar-refractivity contribution in [1.82, 2.24) is 9.99 Å². The first-order valence-corrected chi connectivity index (χ1v) is 9.84. The molecule has 150 valence electrons. The molecule has 8 heteroatoms. The molecule has 0 aliphatic rings. The summed E-state index contributed by atoms with van der Waals surface area (Å²) in [5, 5.41) is 5.45. The Morgan fingerprint density at radius 3 is 2.55 bits per heavy atom. The Labute approximate surface area is 183 Å². The standard InChI is InChI=1S/C21H18Cl3N3O2/c1-13-9-15(14(2)27(13)16-7-8-17(22)19(24)10-16)11-25-26-21(28)12-29-20-6-4-3-5-18(20)23/h3-11H,12H2,1-2H3,(H,26,28)/b25-11+. The zero-order chi connectivity index (χ0) is 21.0. The average molecular weight is 451 g/mol. The Kier molecular flexibility index (Phi) is 6.85. The van der Waals surface area contributed by atoms with E-state index >= 15 is 0 Å². The number of rotatable bonds is 6. The quantitative estimate of drug-likeness (QED) is 0.393. The van der Waals surface area contributed by atoms with E-state index in [0.717, 1.165) is 22.6 Å². The molecule has 3 rings (SSSR count). The van der Waals surface area contributed by atoms with Crippen molar-refractivity contribution in [3.63, 3.8) is 0 Å². The van der Waals surface area contributed by atoms with Crippen LogP contribution in [-0.4, -0.2) is 23.3 Å². The number of carbonyl (C=O) groups excluding carboxylic acids is 1. The van der Waals surface area contributed by atoms with Crippen molar-refractivity contribution in [2.45, 2.75) is 13.8 Å². The molecular formula is C21H18Cl3N3O2. The summed E-state index contributed by atoms with van der Waals surface area (Å²) in [6.45, 7) is 3.74. The molecule has 0 atom stereocenters. The van der Waals surface area contributed by atoms with Crippen LogP contribution in [-0.2, 0) is 4.79 Å². The van der Waals surface area contributed by atoms with E-state index in [1.165, 1.54) is 0 Å². The van der Waals surface area contributed by atoms with Crippen LogP contribution in [0.4, 0.5) is 0 Å². The minimum Gasteiger partial charge on any atom is -0.482 e. The zero-order valence-electron chi connectivity index (χ0n) is 15.7. The van der Waals surface area contributed by atoms with Crippen LogP contribution >= 0.6 is 34.8 Å². The van der Waals surface area contributed by atoms with Crippen LogP contribution in [0.2, 0.25) is 15.1 Å². The van der Waals surface area contributed by atoms with Gasteiger partial charge in [-0.15, -0.1) is 0 Å². The molecule has 0 radical (unpaired) electrons. The number of carbonyl (C=O) groups is 1. The Morgan fingerprint density at radius 1 is 1.07 bits per heavy atom. The fourth-order valence-electron chi connectivity index (χ4n) is 2.85. The number of nitrogens with zero attached hydrogens (tertiary/aromatic N) is 2. The summed E-state index contributed by atoms with van der Waals surface area (Å²) in [7, 11) is 0. The van der Waals surface area contributed by atoms with Gasteiger partial charge in [-0.1, -0.05) is 46.9 Å². The van der Waals surface area contributed by atoms with Gasteiger partial charge in [-0.05, 0) is 50.2 Å². The molecule has 5 nitrogen and oxygen atoms in total. The van der Waals surface area contributed by atoms with Gasteiger partial charge in [0.2, 0.25) is 0 Å². The zero-order valence-corrected chi connectivity index (χ0v) is 18.0. The second-order valence-corrected chi connectivity index (χ2v) is 7.49. The maximum atomic E-state index is 11.9. The summed E-state index contributed by atoms with van der Waals surface area (Å²) in [6, 6.07) is 14.4. The number of para-hydroxylation sites is 1. The lowest BCUT2D eigenvalue weighted by molar-refractivity contribution is -0.123. The molecule has 1 heterocycles. The Hall–Kier alpha value is -2.47. The van der Waals surface area contributed by atoms with Gasteiger partial charge in [0, 0.05) is 22.6 Å². The first kappa shape index (κ1) is 21.2. The Morgan fingerprint density at radius 2 is 1.83 bits per heavy atom.